The first kappa shape index (κ1) is 13.3. The molecule has 0 spiro atoms. The summed E-state index contributed by atoms with van der Waals surface area (Å²) in [5.41, 5.74) is 5.04. The third kappa shape index (κ3) is 2.23. The van der Waals surface area contributed by atoms with Crippen molar-refractivity contribution in [2.45, 2.75) is 32.1 Å². The molecule has 22 heavy (non-hydrogen) atoms. The van der Waals surface area contributed by atoms with Gasteiger partial charge in [0.1, 0.15) is 5.65 Å². The molecule has 3 heteroatoms. The van der Waals surface area contributed by atoms with Crippen LogP contribution in [0.4, 0.5) is 0 Å². The summed E-state index contributed by atoms with van der Waals surface area (Å²) in [7, 11) is 0. The second-order valence-corrected chi connectivity index (χ2v) is 5.91. The van der Waals surface area contributed by atoms with E-state index in [1.54, 1.807) is 4.40 Å². The minimum atomic E-state index is 0.113. The Labute approximate surface area is 129 Å². The SMILES string of the molecule is O=c1c2c(nc3cc(-c4ccccc4)ccn13)CCCCC2. The van der Waals surface area contributed by atoms with Crippen molar-refractivity contribution in [3.63, 3.8) is 0 Å². The molecule has 0 unspecified atom stereocenters. The molecule has 0 amide bonds. The smallest absolute Gasteiger partial charge is 0.261 e. The molecule has 0 radical (unpaired) electrons. The lowest BCUT2D eigenvalue weighted by Gasteiger charge is -2.09. The number of aromatic nitrogens is 2. The van der Waals surface area contributed by atoms with Gasteiger partial charge >= 0.3 is 0 Å². The molecule has 2 aromatic heterocycles. The summed E-state index contributed by atoms with van der Waals surface area (Å²) in [6.07, 6.45) is 7.07. The molecule has 1 aliphatic carbocycles. The predicted octanol–water partition coefficient (Wildman–Crippen LogP) is 3.63. The van der Waals surface area contributed by atoms with E-state index in [0.717, 1.165) is 53.7 Å². The summed E-state index contributed by atoms with van der Waals surface area (Å²) in [6.45, 7) is 0. The van der Waals surface area contributed by atoms with Crippen LogP contribution in [-0.2, 0) is 12.8 Å². The monoisotopic (exact) mass is 290 g/mol. The van der Waals surface area contributed by atoms with Crippen LogP contribution in [0.15, 0.2) is 53.5 Å². The maximum absolute atomic E-state index is 12.7. The molecule has 0 N–H and O–H groups in total. The van der Waals surface area contributed by atoms with Crippen LogP contribution in [0.2, 0.25) is 0 Å². The van der Waals surface area contributed by atoms with E-state index in [4.69, 9.17) is 4.98 Å². The van der Waals surface area contributed by atoms with Crippen molar-refractivity contribution in [2.24, 2.45) is 0 Å². The van der Waals surface area contributed by atoms with Crippen LogP contribution in [0.5, 0.6) is 0 Å². The van der Waals surface area contributed by atoms with Crippen LogP contribution in [0.3, 0.4) is 0 Å². The Bertz CT molecular complexity index is 881. The van der Waals surface area contributed by atoms with E-state index in [1.165, 1.54) is 6.42 Å². The summed E-state index contributed by atoms with van der Waals surface area (Å²) in [4.78, 5) is 17.5. The van der Waals surface area contributed by atoms with Crippen molar-refractivity contribution in [1.82, 2.24) is 9.38 Å². The fourth-order valence-corrected chi connectivity index (χ4v) is 3.26. The van der Waals surface area contributed by atoms with Crippen LogP contribution in [0.25, 0.3) is 16.8 Å². The number of rotatable bonds is 1. The van der Waals surface area contributed by atoms with E-state index in [1.807, 2.05) is 36.5 Å². The van der Waals surface area contributed by atoms with E-state index in [9.17, 15) is 4.79 Å². The first-order chi connectivity index (χ1) is 10.8. The van der Waals surface area contributed by atoms with Gasteiger partial charge in [0.15, 0.2) is 0 Å². The fourth-order valence-electron chi connectivity index (χ4n) is 3.26. The Morgan fingerprint density at radius 2 is 1.73 bits per heavy atom. The first-order valence-corrected chi connectivity index (χ1v) is 7.92. The molecule has 1 aliphatic rings. The summed E-state index contributed by atoms with van der Waals surface area (Å²) in [6, 6.07) is 14.2. The van der Waals surface area contributed by atoms with Gasteiger partial charge in [0.2, 0.25) is 0 Å². The van der Waals surface area contributed by atoms with Crippen molar-refractivity contribution in [1.29, 1.82) is 0 Å². The lowest BCUT2D eigenvalue weighted by molar-refractivity contribution is 0.708. The lowest BCUT2D eigenvalue weighted by Crippen LogP contribution is -2.22. The van der Waals surface area contributed by atoms with Crippen LogP contribution >= 0.6 is 0 Å². The number of fused-ring (bicyclic) bond motifs is 2. The molecule has 1 aromatic carbocycles. The Balaban J connectivity index is 1.92. The first-order valence-electron chi connectivity index (χ1n) is 7.92. The molecular weight excluding hydrogens is 272 g/mol. The van der Waals surface area contributed by atoms with Gasteiger partial charge in [-0.1, -0.05) is 36.8 Å². The van der Waals surface area contributed by atoms with E-state index in [0.29, 0.717) is 0 Å². The van der Waals surface area contributed by atoms with Gasteiger partial charge in [-0.25, -0.2) is 4.98 Å². The fraction of sp³-hybridized carbons (Fsp3) is 0.263. The number of aryl methyl sites for hydroxylation is 1. The molecule has 110 valence electrons. The largest absolute Gasteiger partial charge is 0.269 e. The normalized spacial score (nSPS) is 14.5. The molecule has 0 saturated carbocycles. The maximum Gasteiger partial charge on any atom is 0.261 e. The highest BCUT2D eigenvalue weighted by Crippen LogP contribution is 2.21. The molecule has 0 aliphatic heterocycles. The van der Waals surface area contributed by atoms with Crippen molar-refractivity contribution in [3.05, 3.63) is 70.3 Å². The highest BCUT2D eigenvalue weighted by Gasteiger charge is 2.15. The van der Waals surface area contributed by atoms with E-state index in [-0.39, 0.29) is 5.56 Å². The van der Waals surface area contributed by atoms with Gasteiger partial charge in [-0.3, -0.25) is 9.20 Å². The topological polar surface area (TPSA) is 34.4 Å². The average molecular weight is 290 g/mol. The van der Waals surface area contributed by atoms with Gasteiger partial charge in [-0.2, -0.15) is 0 Å². The molecule has 4 rings (SSSR count). The summed E-state index contributed by atoms with van der Waals surface area (Å²) in [5, 5.41) is 0. The minimum Gasteiger partial charge on any atom is -0.269 e. The predicted molar refractivity (Wildman–Crippen MR) is 88.2 cm³/mol. The molecule has 3 nitrogen and oxygen atoms in total. The number of hydrogen-bond acceptors (Lipinski definition) is 2. The summed E-state index contributed by atoms with van der Waals surface area (Å²) < 4.78 is 1.69. The van der Waals surface area contributed by atoms with Crippen LogP contribution < -0.4 is 5.56 Å². The highest BCUT2D eigenvalue weighted by molar-refractivity contribution is 5.67. The van der Waals surface area contributed by atoms with Gasteiger partial charge < -0.3 is 0 Å². The average Bonchev–Trinajstić information content (AvgIpc) is 2.81. The van der Waals surface area contributed by atoms with Gasteiger partial charge in [0.05, 0.1) is 5.69 Å². The molecule has 2 heterocycles. The number of nitrogens with zero attached hydrogens (tertiary/aromatic N) is 2. The van der Waals surface area contributed by atoms with Crippen LogP contribution in [-0.4, -0.2) is 9.38 Å². The Hall–Kier alpha value is -2.42. The zero-order chi connectivity index (χ0) is 14.9. The number of benzene rings is 1. The zero-order valence-corrected chi connectivity index (χ0v) is 12.5. The Morgan fingerprint density at radius 3 is 2.59 bits per heavy atom. The lowest BCUT2D eigenvalue weighted by atomic mass is 10.1. The zero-order valence-electron chi connectivity index (χ0n) is 12.5. The van der Waals surface area contributed by atoms with Crippen molar-refractivity contribution in [3.8, 4) is 11.1 Å². The standard InChI is InChI=1S/C19H18N2O/c22-19-16-9-5-2-6-10-17(16)20-18-13-15(11-12-21(18)19)14-7-3-1-4-8-14/h1,3-4,7-8,11-13H,2,5-6,9-10H2. The Morgan fingerprint density at radius 1 is 0.909 bits per heavy atom. The second-order valence-electron chi connectivity index (χ2n) is 5.91. The molecule has 3 aromatic rings. The van der Waals surface area contributed by atoms with Gasteiger partial charge in [0, 0.05) is 11.8 Å². The maximum atomic E-state index is 12.7. The molecule has 0 saturated heterocycles. The quantitative estimate of drug-likeness (QED) is 0.641. The third-order valence-corrected chi connectivity index (χ3v) is 4.46. The van der Waals surface area contributed by atoms with Crippen molar-refractivity contribution >= 4 is 5.65 Å². The third-order valence-electron chi connectivity index (χ3n) is 4.46. The molecular formula is C19H18N2O. The van der Waals surface area contributed by atoms with Crippen molar-refractivity contribution < 1.29 is 0 Å². The van der Waals surface area contributed by atoms with E-state index >= 15 is 0 Å². The van der Waals surface area contributed by atoms with Gasteiger partial charge in [-0.05, 0) is 48.9 Å². The van der Waals surface area contributed by atoms with Crippen molar-refractivity contribution in [2.75, 3.05) is 0 Å². The Kier molecular flexibility index (Phi) is 3.26. The molecule has 0 bridgehead atoms. The summed E-state index contributed by atoms with van der Waals surface area (Å²) >= 11 is 0. The molecule has 0 atom stereocenters. The van der Waals surface area contributed by atoms with Gasteiger partial charge in [0.25, 0.3) is 5.56 Å². The van der Waals surface area contributed by atoms with Crippen LogP contribution in [0.1, 0.15) is 30.5 Å². The van der Waals surface area contributed by atoms with E-state index in [2.05, 4.69) is 12.1 Å². The summed E-state index contributed by atoms with van der Waals surface area (Å²) in [5.74, 6) is 0. The number of hydrogen-bond donors (Lipinski definition) is 0. The number of pyridine rings is 1. The molecule has 0 fully saturated rings. The second kappa shape index (κ2) is 5.41. The van der Waals surface area contributed by atoms with Gasteiger partial charge in [-0.15, -0.1) is 0 Å². The van der Waals surface area contributed by atoms with E-state index < -0.39 is 0 Å². The van der Waals surface area contributed by atoms with Crippen LogP contribution in [0, 0.1) is 0 Å². The minimum absolute atomic E-state index is 0.113. The highest BCUT2D eigenvalue weighted by atomic mass is 16.1.